The van der Waals surface area contributed by atoms with Crippen LogP contribution in [-0.4, -0.2) is 57.5 Å². The fourth-order valence-corrected chi connectivity index (χ4v) is 2.22. The molecule has 7 nitrogen and oxygen atoms in total. The number of morpholine rings is 1. The average Bonchev–Trinajstić information content (AvgIpc) is 2.62. The zero-order valence-electron chi connectivity index (χ0n) is 11.2. The smallest absolute Gasteiger partial charge is 0.334 e. The molecule has 1 saturated heterocycles. The summed E-state index contributed by atoms with van der Waals surface area (Å²) in [5.41, 5.74) is 1.98. The number of aryl methyl sites for hydroxylation is 2. The van der Waals surface area contributed by atoms with Crippen LogP contribution in [0.25, 0.3) is 0 Å². The van der Waals surface area contributed by atoms with E-state index in [1.807, 2.05) is 6.92 Å². The Labute approximate surface area is 110 Å². The molecule has 1 aliphatic heterocycles. The zero-order valence-corrected chi connectivity index (χ0v) is 11.2. The Bertz CT molecular complexity index is 523. The van der Waals surface area contributed by atoms with Crippen LogP contribution in [0.15, 0.2) is 0 Å². The molecule has 0 radical (unpaired) electrons. The SMILES string of the molecule is Cc1nn(C)c(C)c1C(=O)N1CCOC(C(=O)O)C1. The predicted octanol–water partition coefficient (Wildman–Crippen LogP) is -0.0375. The minimum atomic E-state index is -1.04. The molecule has 2 rings (SSSR count). The zero-order chi connectivity index (χ0) is 14.2. The highest BCUT2D eigenvalue weighted by Gasteiger charge is 2.31. The van der Waals surface area contributed by atoms with Crippen molar-refractivity contribution in [3.8, 4) is 0 Å². The van der Waals surface area contributed by atoms with Crippen LogP contribution in [0.5, 0.6) is 0 Å². The third kappa shape index (κ3) is 2.46. The number of ether oxygens (including phenoxy) is 1. The Balaban J connectivity index is 2.22. The number of carbonyl (C=O) groups excluding carboxylic acids is 1. The molecule has 0 aliphatic carbocycles. The van der Waals surface area contributed by atoms with E-state index in [4.69, 9.17) is 9.84 Å². The van der Waals surface area contributed by atoms with E-state index >= 15 is 0 Å². The van der Waals surface area contributed by atoms with Gasteiger partial charge in [-0.2, -0.15) is 5.10 Å². The maximum Gasteiger partial charge on any atom is 0.334 e. The van der Waals surface area contributed by atoms with E-state index < -0.39 is 12.1 Å². The first kappa shape index (κ1) is 13.5. The molecular formula is C12H17N3O4. The van der Waals surface area contributed by atoms with Gasteiger partial charge < -0.3 is 14.7 Å². The van der Waals surface area contributed by atoms with Crippen molar-refractivity contribution in [2.75, 3.05) is 19.7 Å². The molecule has 1 fully saturated rings. The molecule has 2 heterocycles. The molecule has 0 bridgehead atoms. The van der Waals surface area contributed by atoms with Crippen LogP contribution >= 0.6 is 0 Å². The largest absolute Gasteiger partial charge is 0.479 e. The molecule has 0 aromatic carbocycles. The van der Waals surface area contributed by atoms with Gasteiger partial charge in [0.15, 0.2) is 6.10 Å². The molecule has 1 N–H and O–H groups in total. The second kappa shape index (κ2) is 5.00. The van der Waals surface area contributed by atoms with Gasteiger partial charge in [-0.15, -0.1) is 0 Å². The average molecular weight is 267 g/mol. The molecule has 1 aromatic rings. The maximum absolute atomic E-state index is 12.4. The van der Waals surface area contributed by atoms with Crippen molar-refractivity contribution in [1.82, 2.24) is 14.7 Å². The summed E-state index contributed by atoms with van der Waals surface area (Å²) in [4.78, 5) is 24.9. The summed E-state index contributed by atoms with van der Waals surface area (Å²) in [5.74, 6) is -1.23. The molecular weight excluding hydrogens is 250 g/mol. The summed E-state index contributed by atoms with van der Waals surface area (Å²) in [6.45, 7) is 4.30. The number of nitrogens with zero attached hydrogens (tertiary/aromatic N) is 3. The van der Waals surface area contributed by atoms with E-state index in [0.717, 1.165) is 5.69 Å². The van der Waals surface area contributed by atoms with Crippen molar-refractivity contribution in [2.24, 2.45) is 7.05 Å². The van der Waals surface area contributed by atoms with Gasteiger partial charge in [-0.25, -0.2) is 4.79 Å². The highest BCUT2D eigenvalue weighted by atomic mass is 16.5. The fraction of sp³-hybridized carbons (Fsp3) is 0.583. The van der Waals surface area contributed by atoms with E-state index in [9.17, 15) is 9.59 Å². The molecule has 1 aliphatic rings. The first-order chi connectivity index (χ1) is 8.91. The second-order valence-corrected chi connectivity index (χ2v) is 4.62. The number of hydrogen-bond acceptors (Lipinski definition) is 4. The third-order valence-corrected chi connectivity index (χ3v) is 3.35. The summed E-state index contributed by atoms with van der Waals surface area (Å²) < 4.78 is 6.76. The molecule has 104 valence electrons. The summed E-state index contributed by atoms with van der Waals surface area (Å²) >= 11 is 0. The lowest BCUT2D eigenvalue weighted by Crippen LogP contribution is -2.48. The van der Waals surface area contributed by atoms with Gasteiger partial charge in [-0.05, 0) is 13.8 Å². The predicted molar refractivity (Wildman–Crippen MR) is 66.0 cm³/mol. The Hall–Kier alpha value is -1.89. The van der Waals surface area contributed by atoms with Crippen molar-refractivity contribution in [1.29, 1.82) is 0 Å². The lowest BCUT2D eigenvalue weighted by Gasteiger charge is -2.30. The normalized spacial score (nSPS) is 19.5. The number of amides is 1. The van der Waals surface area contributed by atoms with Gasteiger partial charge >= 0.3 is 5.97 Å². The number of rotatable bonds is 2. The third-order valence-electron chi connectivity index (χ3n) is 3.35. The molecule has 1 amide bonds. The highest BCUT2D eigenvalue weighted by Crippen LogP contribution is 2.17. The number of hydrogen-bond donors (Lipinski definition) is 1. The topological polar surface area (TPSA) is 84.7 Å². The van der Waals surface area contributed by atoms with Crippen LogP contribution in [0.4, 0.5) is 0 Å². The van der Waals surface area contributed by atoms with Crippen LogP contribution in [0.3, 0.4) is 0 Å². The first-order valence-electron chi connectivity index (χ1n) is 6.05. The number of aliphatic carboxylic acids is 1. The monoisotopic (exact) mass is 267 g/mol. The van der Waals surface area contributed by atoms with E-state index in [2.05, 4.69) is 5.10 Å². The molecule has 0 saturated carbocycles. The van der Waals surface area contributed by atoms with Crippen LogP contribution in [0.1, 0.15) is 21.7 Å². The Morgan fingerprint density at radius 1 is 1.42 bits per heavy atom. The van der Waals surface area contributed by atoms with Crippen LogP contribution < -0.4 is 0 Å². The lowest BCUT2D eigenvalue weighted by molar-refractivity contribution is -0.154. The van der Waals surface area contributed by atoms with Crippen LogP contribution in [0.2, 0.25) is 0 Å². The molecule has 1 aromatic heterocycles. The van der Waals surface area contributed by atoms with Crippen molar-refractivity contribution >= 4 is 11.9 Å². The molecule has 7 heteroatoms. The van der Waals surface area contributed by atoms with Crippen molar-refractivity contribution in [3.63, 3.8) is 0 Å². The van der Waals surface area contributed by atoms with E-state index in [0.29, 0.717) is 17.8 Å². The molecule has 1 atom stereocenters. The number of carboxylic acid groups (broad SMARTS) is 1. The van der Waals surface area contributed by atoms with Crippen molar-refractivity contribution < 1.29 is 19.4 Å². The van der Waals surface area contributed by atoms with Gasteiger partial charge in [0.2, 0.25) is 0 Å². The Morgan fingerprint density at radius 3 is 2.63 bits per heavy atom. The quantitative estimate of drug-likeness (QED) is 0.813. The van der Waals surface area contributed by atoms with Gasteiger partial charge in [-0.1, -0.05) is 0 Å². The van der Waals surface area contributed by atoms with Gasteiger partial charge in [0.05, 0.1) is 24.4 Å². The summed E-state index contributed by atoms with van der Waals surface area (Å²) in [6.07, 6.45) is -0.949. The number of carboxylic acids is 1. The minimum Gasteiger partial charge on any atom is -0.479 e. The Morgan fingerprint density at radius 2 is 2.11 bits per heavy atom. The van der Waals surface area contributed by atoms with Crippen molar-refractivity contribution in [2.45, 2.75) is 20.0 Å². The van der Waals surface area contributed by atoms with Gasteiger partial charge in [0.1, 0.15) is 0 Å². The van der Waals surface area contributed by atoms with Gasteiger partial charge in [-0.3, -0.25) is 9.48 Å². The number of aromatic nitrogens is 2. The van der Waals surface area contributed by atoms with E-state index in [1.165, 1.54) is 4.90 Å². The van der Waals surface area contributed by atoms with Gasteiger partial charge in [0.25, 0.3) is 5.91 Å². The standard InChI is InChI=1S/C12H17N3O4/c1-7-10(8(2)14(3)13-7)11(16)15-4-5-19-9(6-15)12(17)18/h9H,4-6H2,1-3H3,(H,17,18). The summed E-state index contributed by atoms with van der Waals surface area (Å²) in [5, 5.41) is 13.1. The van der Waals surface area contributed by atoms with Crippen molar-refractivity contribution in [3.05, 3.63) is 17.0 Å². The fourth-order valence-electron chi connectivity index (χ4n) is 2.22. The highest BCUT2D eigenvalue weighted by molar-refractivity contribution is 5.96. The van der Waals surface area contributed by atoms with E-state index in [-0.39, 0.29) is 19.1 Å². The number of carbonyl (C=O) groups is 2. The maximum atomic E-state index is 12.4. The van der Waals surface area contributed by atoms with Crippen LogP contribution in [-0.2, 0) is 16.6 Å². The Kier molecular flexibility index (Phi) is 3.57. The molecule has 1 unspecified atom stereocenters. The molecule has 19 heavy (non-hydrogen) atoms. The van der Waals surface area contributed by atoms with Gasteiger partial charge in [0, 0.05) is 19.3 Å². The summed E-state index contributed by atoms with van der Waals surface area (Å²) in [6, 6.07) is 0. The van der Waals surface area contributed by atoms with E-state index in [1.54, 1.807) is 18.7 Å². The first-order valence-corrected chi connectivity index (χ1v) is 6.05. The minimum absolute atomic E-state index is 0.0714. The molecule has 0 spiro atoms. The summed E-state index contributed by atoms with van der Waals surface area (Å²) in [7, 11) is 1.78. The van der Waals surface area contributed by atoms with Crippen LogP contribution in [0, 0.1) is 13.8 Å². The second-order valence-electron chi connectivity index (χ2n) is 4.62. The lowest BCUT2D eigenvalue weighted by atomic mass is 10.1.